The van der Waals surface area contributed by atoms with E-state index in [4.69, 9.17) is 44.5 Å². The fraction of sp³-hybridized carbons (Fsp3) is 0.336. The lowest BCUT2D eigenvalue weighted by Crippen LogP contribution is -2.41. The van der Waals surface area contributed by atoms with Crippen molar-refractivity contribution in [2.24, 2.45) is 0 Å². The largest absolute Gasteiger partial charge is 0.423 e. The van der Waals surface area contributed by atoms with Crippen molar-refractivity contribution in [3.05, 3.63) is 372 Å². The molecule has 0 radical (unpaired) electrons. The monoisotopic (exact) mass is 2080 g/mol. The maximum atomic E-state index is 14.3. The van der Waals surface area contributed by atoms with E-state index in [9.17, 15) is 91.5 Å². The molecule has 0 spiro atoms. The summed E-state index contributed by atoms with van der Waals surface area (Å²) < 4.78 is 75.7. The molecule has 0 aliphatic rings. The van der Waals surface area contributed by atoms with Crippen LogP contribution in [0, 0.1) is 131 Å². The number of ketones is 6. The summed E-state index contributed by atoms with van der Waals surface area (Å²) in [4.78, 5) is 101. The second-order valence-electron chi connectivity index (χ2n) is 37.2. The fourth-order valence-corrected chi connectivity index (χ4v) is 15.2. The highest BCUT2D eigenvalue weighted by atomic mass is 79.9. The second kappa shape index (κ2) is 49.4. The number of hydrogen-bond acceptors (Lipinski definition) is 20. The second-order valence-corrected chi connectivity index (χ2v) is 38.4. The van der Waals surface area contributed by atoms with Crippen molar-refractivity contribution < 1.29 is 86.3 Å². The van der Waals surface area contributed by atoms with Crippen molar-refractivity contribution in [1.82, 2.24) is 58.7 Å². The molecule has 32 nitrogen and oxygen atoms in total. The first kappa shape index (κ1) is 116. The summed E-state index contributed by atoms with van der Waals surface area (Å²) in [5, 5.41) is 97.7. The van der Waals surface area contributed by atoms with Gasteiger partial charge < -0.3 is 30.6 Å². The first-order chi connectivity index (χ1) is 68.1. The summed E-state index contributed by atoms with van der Waals surface area (Å²) in [6.07, 6.45) is 7.99. The van der Waals surface area contributed by atoms with E-state index in [0.717, 1.165) is 84.0 Å². The van der Waals surface area contributed by atoms with E-state index >= 15 is 0 Å². The lowest BCUT2D eigenvalue weighted by Gasteiger charge is -2.22. The van der Waals surface area contributed by atoms with Crippen LogP contribution in [0.4, 0.5) is 56.1 Å². The minimum absolute atomic E-state index is 0.0146. The molecule has 7 aromatic carbocycles. The third-order valence-electron chi connectivity index (χ3n) is 23.3. The van der Waals surface area contributed by atoms with Crippen molar-refractivity contribution in [3.63, 3.8) is 0 Å². The number of halogens is 7. The van der Waals surface area contributed by atoms with Crippen LogP contribution in [0.15, 0.2) is 188 Å². The number of alkyl halides is 3. The van der Waals surface area contributed by atoms with Gasteiger partial charge in [-0.15, -0.1) is 10.2 Å². The van der Waals surface area contributed by atoms with Gasteiger partial charge in [-0.3, -0.25) is 67.0 Å². The van der Waals surface area contributed by atoms with E-state index in [-0.39, 0.29) is 100 Å². The molecule has 0 aliphatic heterocycles. The van der Waals surface area contributed by atoms with Crippen LogP contribution in [-0.4, -0.2) is 163 Å². The molecule has 13 aromatic rings. The summed E-state index contributed by atoms with van der Waals surface area (Å²) in [6.45, 7) is 63.6. The van der Waals surface area contributed by atoms with Crippen LogP contribution in [0.3, 0.4) is 0 Å². The summed E-state index contributed by atoms with van der Waals surface area (Å²) in [6, 6.07) is 35.7. The Morgan fingerprint density at radius 1 is 0.363 bits per heavy atom. The quantitative estimate of drug-likeness (QED) is 0.00987. The predicted molar refractivity (Wildman–Crippen MR) is 541 cm³/mol. The molecular weight excluding hydrogens is 1970 g/mol. The molecule has 39 heteroatoms. The van der Waals surface area contributed by atoms with Crippen LogP contribution in [0.2, 0.25) is 5.15 Å². The summed E-state index contributed by atoms with van der Waals surface area (Å²) in [5.74, 6) is -3.64. The minimum Gasteiger partial charge on any atom is -0.380 e. The zero-order chi connectivity index (χ0) is 109. The van der Waals surface area contributed by atoms with Crippen LogP contribution >= 0.6 is 27.5 Å². The van der Waals surface area contributed by atoms with Gasteiger partial charge in [-0.2, -0.15) is 42.3 Å². The van der Waals surface area contributed by atoms with Gasteiger partial charge >= 0.3 is 6.18 Å². The van der Waals surface area contributed by atoms with E-state index in [0.29, 0.717) is 72.6 Å². The molecule has 0 saturated carbocycles. The highest BCUT2D eigenvalue weighted by Crippen LogP contribution is 2.38. The van der Waals surface area contributed by atoms with E-state index < -0.39 is 85.8 Å². The van der Waals surface area contributed by atoms with Crippen LogP contribution in [0.5, 0.6) is 0 Å². The molecule has 6 heterocycles. The third kappa shape index (κ3) is 32.9. The standard InChI is InChI=1S/C23H22FN3O2.C17H18BrN3O2.C17H18ClN3O2.C17H18FN3O2.C17H19N3O2.C16H16F3N3O4/c1-15-5-8-18(9-6-15)19-13-27(26-22(19)24)14-23(3,29)21(28)12-17-7-10-20(25-4)16(2)11-17;3*1-11-7-13(5-6-14(11)19-4)8-15(22)17(3,23)10-21-9-12(2)16(18)20-21;1-12-9-19-20(10-12)11-17(3,22)16(21)8-14-5-6-15(18-4)13(2)7-14;1-10-7-20-21(8-10)9-15(2,24)14(23)6-11-3-4-13(22(25)26)12(5-11)16(17,18)19/h5-11,13,29H,12,14H2,1-3H3;3*5-7,9,23H,8,10H2,1-3H3;5-7,9-10,22H,8,11H2,1-3H3;3-5,7-8,24H,6,9H2,1-2H3/t23-;3*17-;;15-/m0000.0/s1. The Morgan fingerprint density at radius 3 is 0.890 bits per heavy atom. The number of aliphatic hydroxyl groups is 6. The van der Waals surface area contributed by atoms with Crippen LogP contribution in [-0.2, 0) is 113 Å². The molecule has 0 saturated heterocycles. The zero-order valence-electron chi connectivity index (χ0n) is 83.5. The van der Waals surface area contributed by atoms with E-state index in [1.807, 2.05) is 72.7 Å². The number of aryl methyl sites for hydroxylation is 11. The van der Waals surface area contributed by atoms with E-state index in [1.165, 1.54) is 78.9 Å². The average molecular weight is 2080 g/mol. The van der Waals surface area contributed by atoms with Gasteiger partial charge in [0.25, 0.3) is 5.69 Å². The maximum absolute atomic E-state index is 14.3. The molecule has 0 fully saturated rings. The smallest absolute Gasteiger partial charge is 0.380 e. The van der Waals surface area contributed by atoms with E-state index in [2.05, 4.69) is 70.7 Å². The topological polar surface area (TPSA) is 396 Å². The van der Waals surface area contributed by atoms with Crippen molar-refractivity contribution in [3.8, 4) is 11.1 Å². The number of nitro benzene ring substituents is 1. The van der Waals surface area contributed by atoms with Crippen molar-refractivity contribution in [1.29, 1.82) is 0 Å². The Labute approximate surface area is 854 Å². The Bertz CT molecular complexity index is 6850. The number of carbonyl (C=O) groups is 6. The number of Topliss-reactive ketones (excluding diaryl/α,β-unsaturated/α-hetero) is 6. The van der Waals surface area contributed by atoms with Gasteiger partial charge in [0.05, 0.1) is 95.0 Å². The molecule has 13 rings (SSSR count). The predicted octanol–water partition coefficient (Wildman–Crippen LogP) is 19.1. The number of rotatable bonds is 32. The molecule has 762 valence electrons. The number of nitro groups is 1. The Kier molecular flexibility index (Phi) is 39.3. The van der Waals surface area contributed by atoms with Gasteiger partial charge in [-0.25, -0.2) is 24.2 Å². The van der Waals surface area contributed by atoms with Crippen LogP contribution in [0.1, 0.15) is 142 Å². The van der Waals surface area contributed by atoms with Crippen molar-refractivity contribution in [2.45, 2.75) is 235 Å². The molecule has 0 bridgehead atoms. The fourth-order valence-electron chi connectivity index (χ4n) is 14.8. The molecule has 0 aliphatic carbocycles. The molecule has 1 unspecified atom stereocenters. The van der Waals surface area contributed by atoms with Gasteiger partial charge in [0.15, 0.2) is 68.3 Å². The average Bonchev–Trinajstić information content (AvgIpc) is 1.30. The number of aromatic nitrogens is 12. The summed E-state index contributed by atoms with van der Waals surface area (Å²) >= 11 is 9.20. The normalized spacial score (nSPS) is 13.4. The third-order valence-corrected chi connectivity index (χ3v) is 24.5. The lowest BCUT2D eigenvalue weighted by atomic mass is 9.94. The summed E-state index contributed by atoms with van der Waals surface area (Å²) in [7, 11) is 0. The highest BCUT2D eigenvalue weighted by molar-refractivity contribution is 9.10. The first-order valence-electron chi connectivity index (χ1n) is 45.2. The van der Waals surface area contributed by atoms with Gasteiger partial charge in [0, 0.05) is 98.5 Å². The molecule has 146 heavy (non-hydrogen) atoms. The van der Waals surface area contributed by atoms with Crippen molar-refractivity contribution in [2.75, 3.05) is 0 Å². The number of carbonyl (C=O) groups excluding carboxylic acids is 6. The zero-order valence-corrected chi connectivity index (χ0v) is 85.8. The van der Waals surface area contributed by atoms with Crippen molar-refractivity contribution >= 4 is 96.4 Å². The lowest BCUT2D eigenvalue weighted by molar-refractivity contribution is -0.388. The molecule has 6 N–H and O–H groups in total. The Hall–Kier alpha value is -15.2. The highest BCUT2D eigenvalue weighted by Gasteiger charge is 2.41. The molecule has 0 amide bonds. The maximum Gasteiger partial charge on any atom is 0.423 e. The van der Waals surface area contributed by atoms with Crippen LogP contribution in [0.25, 0.3) is 35.4 Å². The minimum atomic E-state index is -4.93. The number of hydrogen-bond donors (Lipinski definition) is 6. The molecule has 6 atom stereocenters. The van der Waals surface area contributed by atoms with Crippen LogP contribution < -0.4 is 0 Å². The molecular formula is C107H111BrClF5N18O14. The van der Waals surface area contributed by atoms with Gasteiger partial charge in [0.2, 0.25) is 11.9 Å². The van der Waals surface area contributed by atoms with Gasteiger partial charge in [-0.05, 0) is 218 Å². The van der Waals surface area contributed by atoms with E-state index in [1.54, 1.807) is 159 Å². The number of nitrogens with zero attached hydrogens (tertiary/aromatic N) is 18. The Morgan fingerprint density at radius 2 is 0.637 bits per heavy atom. The Balaban J connectivity index is 0.000000214. The van der Waals surface area contributed by atoms with Gasteiger partial charge in [0.1, 0.15) is 43.8 Å². The molecule has 6 aromatic heterocycles. The SMILES string of the molecule is Cc1cnn(C[C@](C)(O)C(=O)Cc2ccc([N+](=O)[O-])c(C(F)(F)F)c2)c1.[C-]#[N+]c1ccc(CC(=O)C(C)(O)Cn2cc(C)cn2)cc1C.[C-]#[N+]c1ccc(CC(=O)[C@@](C)(O)Cn2cc(-c3ccc(C)cc3)c(F)n2)cc1C.[C-]#[N+]c1ccc(CC(=O)[C@@](C)(O)Cn2cc(C)c(Br)n2)cc1C.[C-]#[N+]c1ccc(CC(=O)[C@@](C)(O)Cn2cc(C)c(Cl)n2)cc1C.[C-]#[N+]c1ccc(CC(=O)[C@@](C)(O)Cn2cc(C)c(F)n2)cc1C. The first-order valence-corrected chi connectivity index (χ1v) is 46.4. The van der Waals surface area contributed by atoms with Gasteiger partial charge in [-0.1, -0.05) is 138 Å². The summed E-state index contributed by atoms with van der Waals surface area (Å²) in [5.41, 5.74) is 4.22. The number of benzene rings is 7.